The number of nitrogens with one attached hydrogen (secondary N) is 1. The molecule has 0 fully saturated rings. The molecular formula is C10H16I2N2O2. The second-order valence-corrected chi connectivity index (χ2v) is 14.6. The van der Waals surface area contributed by atoms with Gasteiger partial charge in [0, 0.05) is 0 Å². The van der Waals surface area contributed by atoms with Crippen LogP contribution in [0.25, 0.3) is 0 Å². The van der Waals surface area contributed by atoms with Crippen LogP contribution in [-0.4, -0.2) is 21.2 Å². The van der Waals surface area contributed by atoms with E-state index < -0.39 is 28.3 Å². The molecule has 0 spiro atoms. The van der Waals surface area contributed by atoms with Crippen molar-refractivity contribution in [2.45, 2.75) is 19.1 Å². The summed E-state index contributed by atoms with van der Waals surface area (Å²) in [5.74, 6) is 0. The Morgan fingerprint density at radius 3 is 2.56 bits per heavy atom. The molecule has 0 amide bonds. The quantitative estimate of drug-likeness (QED) is 0.246. The predicted molar refractivity (Wildman–Crippen MR) is 85.1 cm³/mol. The maximum atomic E-state index is 9.87. The number of hydrogen-bond acceptors (Lipinski definition) is 4. The molecule has 16 heavy (non-hydrogen) atoms. The van der Waals surface area contributed by atoms with E-state index in [2.05, 4.69) is 27.1 Å². The first-order chi connectivity index (χ1) is 7.41. The summed E-state index contributed by atoms with van der Waals surface area (Å²) in [7, 11) is 0. The van der Waals surface area contributed by atoms with Crippen LogP contribution in [-0.2, 0) is 0 Å². The van der Waals surface area contributed by atoms with E-state index in [9.17, 15) is 10.2 Å². The van der Waals surface area contributed by atoms with Crippen LogP contribution in [0.1, 0.15) is 18.6 Å². The van der Waals surface area contributed by atoms with E-state index in [0.29, 0.717) is 11.3 Å². The molecule has 0 aliphatic heterocycles. The van der Waals surface area contributed by atoms with Crippen molar-refractivity contribution in [3.63, 3.8) is 0 Å². The van der Waals surface area contributed by atoms with Crippen molar-refractivity contribution in [3.05, 3.63) is 23.8 Å². The molecule has 4 nitrogen and oxygen atoms in total. The van der Waals surface area contributed by atoms with E-state index in [1.807, 2.05) is 0 Å². The van der Waals surface area contributed by atoms with Crippen LogP contribution in [0.2, 0.25) is 0 Å². The van der Waals surface area contributed by atoms with Gasteiger partial charge in [-0.1, -0.05) is 0 Å². The van der Waals surface area contributed by atoms with Gasteiger partial charge in [-0.05, 0) is 0 Å². The Labute approximate surface area is 113 Å². The molecule has 0 bridgehead atoms. The molecule has 5 N–H and O–H groups in total. The maximum absolute atomic E-state index is 9.87. The molecule has 6 heteroatoms. The Morgan fingerprint density at radius 1 is 1.44 bits per heavy atom. The molecule has 92 valence electrons. The number of nitrogen functional groups attached to an aromatic ring is 1. The number of halogens is 2. The van der Waals surface area contributed by atoms with Crippen molar-refractivity contribution in [2.75, 3.05) is 14.2 Å². The Hall–Kier alpha value is 0.200. The van der Waals surface area contributed by atoms with Gasteiger partial charge in [0.15, 0.2) is 0 Å². The fraction of sp³-hybridized carbons (Fsp3) is 0.400. The summed E-state index contributed by atoms with van der Waals surface area (Å²) in [6, 6.07) is 5.28. The topological polar surface area (TPSA) is 78.5 Å². The molecule has 1 rings (SSSR count). The number of aliphatic hydroxyl groups is 2. The molecule has 1 aromatic carbocycles. The van der Waals surface area contributed by atoms with Gasteiger partial charge in [0.25, 0.3) is 0 Å². The molecule has 0 heterocycles. The Balaban J connectivity index is 3.06. The zero-order valence-corrected chi connectivity index (χ0v) is 13.4. The molecule has 0 aromatic heterocycles. The molecule has 0 saturated carbocycles. The summed E-state index contributed by atoms with van der Waals surface area (Å²) in [6.45, 7) is 1.57. The third kappa shape index (κ3) is 3.90. The van der Waals surface area contributed by atoms with Crippen molar-refractivity contribution in [3.8, 4) is 0 Å². The van der Waals surface area contributed by atoms with Crippen LogP contribution in [0.15, 0.2) is 18.2 Å². The second-order valence-electron chi connectivity index (χ2n) is 3.53. The average molecular weight is 450 g/mol. The van der Waals surface area contributed by atoms with Gasteiger partial charge in [0.1, 0.15) is 0 Å². The first-order valence-electron chi connectivity index (χ1n) is 4.70. The van der Waals surface area contributed by atoms with Crippen LogP contribution in [0.4, 0.5) is 11.4 Å². The van der Waals surface area contributed by atoms with Gasteiger partial charge in [0.05, 0.1) is 0 Å². The summed E-state index contributed by atoms with van der Waals surface area (Å²) in [6.07, 6.45) is -1.67. The van der Waals surface area contributed by atoms with Crippen molar-refractivity contribution in [1.29, 1.82) is 0 Å². The van der Waals surface area contributed by atoms with Gasteiger partial charge in [-0.2, -0.15) is 0 Å². The van der Waals surface area contributed by atoms with E-state index in [1.54, 1.807) is 25.1 Å². The molecule has 1 aromatic rings. The van der Waals surface area contributed by atoms with E-state index in [-0.39, 0.29) is 0 Å². The minimum atomic E-state index is -1.21. The Morgan fingerprint density at radius 2 is 2.06 bits per heavy atom. The Bertz CT molecular complexity index is 359. The number of aliphatic hydroxyl groups excluding tert-OH is 2. The summed E-state index contributed by atoms with van der Waals surface area (Å²) in [5, 5.41) is 19.3. The predicted octanol–water partition coefficient (Wildman–Crippen LogP) is 2.50. The van der Waals surface area contributed by atoms with Gasteiger partial charge < -0.3 is 0 Å². The number of nitrogens with two attached hydrogens (primary N) is 1. The molecule has 2 atom stereocenters. The number of anilines is 2. The van der Waals surface area contributed by atoms with Gasteiger partial charge in [-0.25, -0.2) is 0 Å². The first kappa shape index (κ1) is 14.3. The van der Waals surface area contributed by atoms with Crippen LogP contribution in [0.5, 0.6) is 0 Å². The normalized spacial score (nSPS) is 15.4. The second kappa shape index (κ2) is 6.22. The fourth-order valence-electron chi connectivity index (χ4n) is 1.31. The monoisotopic (exact) mass is 450 g/mol. The van der Waals surface area contributed by atoms with Crippen molar-refractivity contribution >= 4 is 46.1 Å². The van der Waals surface area contributed by atoms with Gasteiger partial charge >= 0.3 is 113 Å². The zero-order chi connectivity index (χ0) is 12.3. The number of rotatable bonds is 4. The molecule has 0 aliphatic carbocycles. The minimum absolute atomic E-state index is 0.651. The van der Waals surface area contributed by atoms with E-state index >= 15 is 0 Å². The van der Waals surface area contributed by atoms with Crippen molar-refractivity contribution in [2.24, 2.45) is 0 Å². The first-order valence-corrected chi connectivity index (χ1v) is 14.2. The standard InChI is InChI=1S/C10H16I2N2O2/c1-6(15)10(16)8-4-3-7(13)5-9(8)14-12(2)11/h3-6,10,14-16H,13H2,1-2H3/t6-,10?/m1/s1. The summed E-state index contributed by atoms with van der Waals surface area (Å²) in [5.41, 5.74) is 7.89. The molecule has 1 unspecified atom stereocenters. The SMILES string of the molecule is C[C@@H](O)C(O)c1ccc(N)cc1NI(C)I. The van der Waals surface area contributed by atoms with Crippen LogP contribution in [0.3, 0.4) is 0 Å². The zero-order valence-electron chi connectivity index (χ0n) is 9.11. The summed E-state index contributed by atoms with van der Waals surface area (Å²) < 4.78 is 3.34. The van der Waals surface area contributed by atoms with Gasteiger partial charge in [0.2, 0.25) is 0 Å². The fourth-order valence-corrected chi connectivity index (χ4v) is 4.05. The van der Waals surface area contributed by atoms with E-state index in [0.717, 1.165) is 5.69 Å². The summed E-state index contributed by atoms with van der Waals surface area (Å²) in [4.78, 5) is 2.15. The number of alkyl halides is 1. The number of hydrogen-bond donors (Lipinski definition) is 4. The van der Waals surface area contributed by atoms with E-state index in [4.69, 9.17) is 5.73 Å². The molecule has 0 aliphatic rings. The van der Waals surface area contributed by atoms with Gasteiger partial charge in [-0.15, -0.1) is 0 Å². The van der Waals surface area contributed by atoms with Crippen LogP contribution < -0.4 is 9.26 Å². The van der Waals surface area contributed by atoms with Crippen molar-refractivity contribution < 1.29 is 10.2 Å². The summed E-state index contributed by atoms with van der Waals surface area (Å²) >= 11 is 1.17. The third-order valence-electron chi connectivity index (χ3n) is 2.08. The molecule has 0 radical (unpaired) electrons. The van der Waals surface area contributed by atoms with Crippen LogP contribution >= 0.6 is 34.7 Å². The third-order valence-corrected chi connectivity index (χ3v) is 4.78. The van der Waals surface area contributed by atoms with E-state index in [1.165, 1.54) is 0 Å². The number of benzene rings is 1. The molecular weight excluding hydrogens is 434 g/mol. The van der Waals surface area contributed by atoms with Crippen molar-refractivity contribution in [1.82, 2.24) is 0 Å². The Kier molecular flexibility index (Phi) is 5.54. The van der Waals surface area contributed by atoms with Gasteiger partial charge in [-0.3, -0.25) is 0 Å². The molecule has 0 saturated heterocycles. The average Bonchev–Trinajstić information content (AvgIpc) is 2.15. The van der Waals surface area contributed by atoms with Crippen LogP contribution in [0, 0.1) is 0 Å².